The largest absolute Gasteiger partial charge is 0.508 e. The minimum atomic E-state index is 0.291. The van der Waals surface area contributed by atoms with E-state index in [1.54, 1.807) is 11.1 Å². The molecule has 0 radical (unpaired) electrons. The van der Waals surface area contributed by atoms with Crippen LogP contribution in [0.25, 0.3) is 0 Å². The SMILES string of the molecule is C[C@]12CCC3=C4CCC(=O)C=C4CC[C@H]3[C@@H]1CC[C@H]2c1ccccc1O. The van der Waals surface area contributed by atoms with Crippen molar-refractivity contribution in [2.75, 3.05) is 0 Å². The maximum atomic E-state index is 11.8. The number of hydrogen-bond acceptors (Lipinski definition) is 2. The lowest BCUT2D eigenvalue weighted by atomic mass is 9.55. The van der Waals surface area contributed by atoms with Crippen LogP contribution in [0.3, 0.4) is 0 Å². The third-order valence-corrected chi connectivity index (χ3v) is 8.04. The van der Waals surface area contributed by atoms with Crippen molar-refractivity contribution in [3.63, 3.8) is 0 Å². The molecule has 0 heterocycles. The number of aromatic hydroxyl groups is 1. The number of phenols is 1. The van der Waals surface area contributed by atoms with E-state index in [0.29, 0.717) is 35.2 Å². The number of phenolic OH excluding ortho intramolecular Hbond substituents is 1. The maximum Gasteiger partial charge on any atom is 0.156 e. The normalized spacial score (nSPS) is 36.3. The monoisotopic (exact) mass is 348 g/mol. The number of benzene rings is 1. The predicted octanol–water partition coefficient (Wildman–Crippen LogP) is 5.68. The molecule has 4 aliphatic rings. The average molecular weight is 348 g/mol. The van der Waals surface area contributed by atoms with Gasteiger partial charge in [0.15, 0.2) is 5.78 Å². The lowest BCUT2D eigenvalue weighted by Crippen LogP contribution is -2.39. The van der Waals surface area contributed by atoms with Crippen molar-refractivity contribution in [1.29, 1.82) is 0 Å². The molecule has 4 atom stereocenters. The molecule has 1 aromatic carbocycles. The Morgan fingerprint density at radius 1 is 1.04 bits per heavy atom. The Labute approximate surface area is 156 Å². The van der Waals surface area contributed by atoms with E-state index in [-0.39, 0.29) is 0 Å². The zero-order valence-electron chi connectivity index (χ0n) is 15.6. The summed E-state index contributed by atoms with van der Waals surface area (Å²) in [5.74, 6) is 2.70. The lowest BCUT2D eigenvalue weighted by Gasteiger charge is -2.49. The number of rotatable bonds is 1. The van der Waals surface area contributed by atoms with E-state index in [1.165, 1.54) is 37.7 Å². The summed E-state index contributed by atoms with van der Waals surface area (Å²) in [6.45, 7) is 2.49. The molecule has 2 heteroatoms. The molecule has 1 aromatic rings. The molecule has 0 aliphatic heterocycles. The van der Waals surface area contributed by atoms with E-state index >= 15 is 0 Å². The van der Waals surface area contributed by atoms with Crippen LogP contribution < -0.4 is 0 Å². The highest BCUT2D eigenvalue weighted by atomic mass is 16.3. The minimum absolute atomic E-state index is 0.291. The second-order valence-corrected chi connectivity index (χ2v) is 9.09. The first-order valence-electron chi connectivity index (χ1n) is 10.3. The molecule has 26 heavy (non-hydrogen) atoms. The van der Waals surface area contributed by atoms with Gasteiger partial charge in [-0.2, -0.15) is 0 Å². The molecule has 0 bridgehead atoms. The van der Waals surface area contributed by atoms with E-state index in [1.807, 2.05) is 18.2 Å². The van der Waals surface area contributed by atoms with Crippen molar-refractivity contribution in [3.8, 4) is 5.75 Å². The number of fused-ring (bicyclic) bond motifs is 4. The summed E-state index contributed by atoms with van der Waals surface area (Å²) in [6.07, 6.45) is 10.8. The van der Waals surface area contributed by atoms with Gasteiger partial charge in [0.25, 0.3) is 0 Å². The Bertz CT molecular complexity index is 830. The Hall–Kier alpha value is -1.83. The molecule has 1 N–H and O–H groups in total. The third kappa shape index (κ3) is 2.27. The summed E-state index contributed by atoms with van der Waals surface area (Å²) in [5.41, 5.74) is 6.04. The van der Waals surface area contributed by atoms with Crippen LogP contribution in [0.2, 0.25) is 0 Å². The predicted molar refractivity (Wildman–Crippen MR) is 103 cm³/mol. The summed E-state index contributed by atoms with van der Waals surface area (Å²) < 4.78 is 0. The van der Waals surface area contributed by atoms with Gasteiger partial charge in [-0.1, -0.05) is 30.7 Å². The van der Waals surface area contributed by atoms with Crippen LogP contribution in [-0.4, -0.2) is 10.9 Å². The van der Waals surface area contributed by atoms with Crippen molar-refractivity contribution < 1.29 is 9.90 Å². The molecule has 2 saturated carbocycles. The fourth-order valence-electron chi connectivity index (χ4n) is 6.82. The van der Waals surface area contributed by atoms with Gasteiger partial charge in [0.2, 0.25) is 0 Å². The number of hydrogen-bond donors (Lipinski definition) is 1. The Morgan fingerprint density at radius 2 is 1.88 bits per heavy atom. The number of para-hydroxylation sites is 1. The highest BCUT2D eigenvalue weighted by Crippen LogP contribution is 2.65. The van der Waals surface area contributed by atoms with E-state index < -0.39 is 0 Å². The van der Waals surface area contributed by atoms with Crippen LogP contribution in [-0.2, 0) is 4.79 Å². The van der Waals surface area contributed by atoms with Crippen molar-refractivity contribution in [1.82, 2.24) is 0 Å². The topological polar surface area (TPSA) is 37.3 Å². The summed E-state index contributed by atoms with van der Waals surface area (Å²) in [5, 5.41) is 10.4. The first-order chi connectivity index (χ1) is 12.6. The first-order valence-corrected chi connectivity index (χ1v) is 10.3. The van der Waals surface area contributed by atoms with Crippen molar-refractivity contribution in [2.24, 2.45) is 17.3 Å². The number of allylic oxidation sites excluding steroid dienone is 4. The third-order valence-electron chi connectivity index (χ3n) is 8.04. The van der Waals surface area contributed by atoms with Crippen LogP contribution in [0.5, 0.6) is 5.75 Å². The zero-order valence-corrected chi connectivity index (χ0v) is 15.6. The fourth-order valence-corrected chi connectivity index (χ4v) is 6.82. The molecular weight excluding hydrogens is 320 g/mol. The van der Waals surface area contributed by atoms with Gasteiger partial charge >= 0.3 is 0 Å². The van der Waals surface area contributed by atoms with Gasteiger partial charge < -0.3 is 5.11 Å². The van der Waals surface area contributed by atoms with E-state index in [9.17, 15) is 9.90 Å². The van der Waals surface area contributed by atoms with Crippen LogP contribution in [0, 0.1) is 17.3 Å². The summed E-state index contributed by atoms with van der Waals surface area (Å²) in [7, 11) is 0. The second kappa shape index (κ2) is 5.84. The molecule has 0 aromatic heterocycles. The maximum absolute atomic E-state index is 11.8. The van der Waals surface area contributed by atoms with Gasteiger partial charge in [0, 0.05) is 6.42 Å². The van der Waals surface area contributed by atoms with Gasteiger partial charge in [-0.15, -0.1) is 0 Å². The number of carbonyl (C=O) groups excluding carboxylic acids is 1. The lowest BCUT2D eigenvalue weighted by molar-refractivity contribution is -0.114. The molecule has 2 nitrogen and oxygen atoms in total. The Balaban J connectivity index is 1.52. The molecule has 0 amide bonds. The van der Waals surface area contributed by atoms with Gasteiger partial charge in [0.05, 0.1) is 0 Å². The minimum Gasteiger partial charge on any atom is -0.508 e. The number of ketones is 1. The number of carbonyl (C=O) groups is 1. The van der Waals surface area contributed by atoms with E-state index in [2.05, 4.69) is 19.1 Å². The van der Waals surface area contributed by atoms with Crippen LogP contribution in [0.15, 0.2) is 47.1 Å². The summed E-state index contributed by atoms with van der Waals surface area (Å²) in [4.78, 5) is 11.8. The first kappa shape index (κ1) is 16.4. The van der Waals surface area contributed by atoms with Gasteiger partial charge in [-0.25, -0.2) is 0 Å². The quantitative estimate of drug-likeness (QED) is 0.709. The molecule has 0 unspecified atom stereocenters. The van der Waals surface area contributed by atoms with Crippen LogP contribution >= 0.6 is 0 Å². The smallest absolute Gasteiger partial charge is 0.156 e. The fraction of sp³-hybridized carbons (Fsp3) is 0.542. The van der Waals surface area contributed by atoms with E-state index in [4.69, 9.17) is 0 Å². The molecule has 4 aliphatic carbocycles. The highest BCUT2D eigenvalue weighted by molar-refractivity contribution is 5.93. The van der Waals surface area contributed by atoms with Crippen LogP contribution in [0.4, 0.5) is 0 Å². The molecular formula is C24H28O2. The highest BCUT2D eigenvalue weighted by Gasteiger charge is 2.54. The van der Waals surface area contributed by atoms with E-state index in [0.717, 1.165) is 24.3 Å². The van der Waals surface area contributed by atoms with Crippen molar-refractivity contribution >= 4 is 5.78 Å². The molecule has 0 saturated heterocycles. The molecule has 5 rings (SSSR count). The summed E-state index contributed by atoms with van der Waals surface area (Å²) >= 11 is 0. The second-order valence-electron chi connectivity index (χ2n) is 9.09. The van der Waals surface area contributed by atoms with Gasteiger partial charge in [0.1, 0.15) is 5.75 Å². The van der Waals surface area contributed by atoms with Crippen molar-refractivity contribution in [3.05, 3.63) is 52.6 Å². The van der Waals surface area contributed by atoms with Crippen LogP contribution in [0.1, 0.15) is 69.8 Å². The summed E-state index contributed by atoms with van der Waals surface area (Å²) in [6, 6.07) is 7.98. The average Bonchev–Trinajstić information content (AvgIpc) is 2.99. The molecule has 0 spiro atoms. The van der Waals surface area contributed by atoms with Gasteiger partial charge in [-0.3, -0.25) is 4.79 Å². The van der Waals surface area contributed by atoms with Crippen molar-refractivity contribution in [2.45, 2.75) is 64.2 Å². The Morgan fingerprint density at radius 3 is 2.73 bits per heavy atom. The molecule has 2 fully saturated rings. The van der Waals surface area contributed by atoms with Gasteiger partial charge in [-0.05, 0) is 97.0 Å². The standard InChI is InChI=1S/C24H28O2/c1-24-13-12-18-17-9-7-16(25)14-15(17)6-8-19(18)21(24)10-11-22(24)20-4-2-3-5-23(20)26/h2-5,14,19,21-22,26H,6-13H2,1H3/t19-,21+,22+,24+/m1/s1. The zero-order chi connectivity index (χ0) is 17.9. The molecule has 136 valence electrons. The Kier molecular flexibility index (Phi) is 3.67.